The number of anilines is 2. The predicted octanol–water partition coefficient (Wildman–Crippen LogP) is 4.69. The average molecular weight is 491 g/mol. The number of ether oxygens (including phenoxy) is 4. The van der Waals surface area contributed by atoms with Gasteiger partial charge in [-0.05, 0) is 61.9 Å². The Hall–Kier alpha value is -4.20. The Bertz CT molecular complexity index is 1170. The summed E-state index contributed by atoms with van der Waals surface area (Å²) in [6.45, 7) is 2.87. The Morgan fingerprint density at radius 3 is 2.39 bits per heavy atom. The number of nitrogens with zero attached hydrogens (tertiary/aromatic N) is 1. The van der Waals surface area contributed by atoms with Crippen molar-refractivity contribution in [2.45, 2.75) is 25.9 Å². The molecule has 8 nitrogen and oxygen atoms in total. The SMILES string of the molecule is COc1ccc(OCCCC(=O)Nc2ccc3c(c2)OC(C)C(=O)N3CCOc2ccccc2)cc1. The van der Waals surface area contributed by atoms with E-state index >= 15 is 0 Å². The third-order valence-electron chi connectivity index (χ3n) is 5.66. The van der Waals surface area contributed by atoms with Crippen molar-refractivity contribution < 1.29 is 28.5 Å². The Balaban J connectivity index is 1.28. The lowest BCUT2D eigenvalue weighted by Crippen LogP contribution is -2.46. The summed E-state index contributed by atoms with van der Waals surface area (Å²) in [5.74, 6) is 2.53. The topological polar surface area (TPSA) is 86.3 Å². The van der Waals surface area contributed by atoms with Crippen LogP contribution in [0.3, 0.4) is 0 Å². The molecule has 36 heavy (non-hydrogen) atoms. The molecule has 0 saturated carbocycles. The number of amides is 2. The summed E-state index contributed by atoms with van der Waals surface area (Å²) in [6.07, 6.45) is 0.252. The molecule has 1 aliphatic heterocycles. The van der Waals surface area contributed by atoms with Gasteiger partial charge in [0, 0.05) is 18.2 Å². The molecule has 3 aromatic rings. The summed E-state index contributed by atoms with van der Waals surface area (Å²) < 4.78 is 22.4. The van der Waals surface area contributed by atoms with E-state index in [1.54, 1.807) is 37.1 Å². The second kappa shape index (κ2) is 12.0. The number of carbonyl (C=O) groups excluding carboxylic acids is 2. The average Bonchev–Trinajstić information content (AvgIpc) is 2.90. The lowest BCUT2D eigenvalue weighted by molar-refractivity contribution is -0.125. The minimum absolute atomic E-state index is 0.124. The minimum Gasteiger partial charge on any atom is -0.497 e. The Kier molecular flexibility index (Phi) is 8.28. The first-order chi connectivity index (χ1) is 17.5. The van der Waals surface area contributed by atoms with Gasteiger partial charge in [0.15, 0.2) is 6.10 Å². The molecule has 1 heterocycles. The molecule has 1 atom stereocenters. The second-order valence-electron chi connectivity index (χ2n) is 8.27. The highest BCUT2D eigenvalue weighted by molar-refractivity contribution is 6.00. The van der Waals surface area contributed by atoms with Gasteiger partial charge < -0.3 is 29.2 Å². The van der Waals surface area contributed by atoms with Crippen molar-refractivity contribution in [1.29, 1.82) is 0 Å². The van der Waals surface area contributed by atoms with Crippen molar-refractivity contribution in [2.24, 2.45) is 0 Å². The summed E-state index contributed by atoms with van der Waals surface area (Å²) in [4.78, 5) is 26.8. The zero-order valence-corrected chi connectivity index (χ0v) is 20.4. The molecule has 0 saturated heterocycles. The molecule has 8 heteroatoms. The molecule has 3 aromatic carbocycles. The van der Waals surface area contributed by atoms with Gasteiger partial charge >= 0.3 is 0 Å². The van der Waals surface area contributed by atoms with Crippen molar-refractivity contribution in [3.05, 3.63) is 72.8 Å². The zero-order valence-electron chi connectivity index (χ0n) is 20.4. The minimum atomic E-state index is -0.629. The van der Waals surface area contributed by atoms with Crippen LogP contribution in [0, 0.1) is 0 Å². The van der Waals surface area contributed by atoms with Gasteiger partial charge in [-0.3, -0.25) is 9.59 Å². The van der Waals surface area contributed by atoms with Gasteiger partial charge in [-0.1, -0.05) is 18.2 Å². The highest BCUT2D eigenvalue weighted by atomic mass is 16.5. The molecule has 0 bridgehead atoms. The first-order valence-corrected chi connectivity index (χ1v) is 11.9. The van der Waals surface area contributed by atoms with Gasteiger partial charge in [0.1, 0.15) is 29.6 Å². The van der Waals surface area contributed by atoms with Gasteiger partial charge in [0.05, 0.1) is 25.9 Å². The molecule has 0 fully saturated rings. The molecular weight excluding hydrogens is 460 g/mol. The van der Waals surface area contributed by atoms with Crippen LogP contribution in [0.1, 0.15) is 19.8 Å². The molecule has 1 unspecified atom stereocenters. The normalized spacial score (nSPS) is 14.4. The van der Waals surface area contributed by atoms with E-state index in [4.69, 9.17) is 18.9 Å². The molecule has 0 aromatic heterocycles. The van der Waals surface area contributed by atoms with Crippen LogP contribution in [-0.4, -0.2) is 44.8 Å². The van der Waals surface area contributed by atoms with Crippen molar-refractivity contribution >= 4 is 23.2 Å². The highest BCUT2D eigenvalue weighted by Crippen LogP contribution is 2.36. The van der Waals surface area contributed by atoms with E-state index in [1.165, 1.54) is 0 Å². The highest BCUT2D eigenvalue weighted by Gasteiger charge is 2.31. The van der Waals surface area contributed by atoms with Gasteiger partial charge in [-0.25, -0.2) is 0 Å². The first kappa shape index (κ1) is 24.9. The standard InChI is InChI=1S/C28H30N2O6/c1-20-28(32)30(16-18-35-23-7-4-3-5-8-23)25-15-10-21(19-26(25)36-20)29-27(31)9-6-17-34-24-13-11-22(33-2)12-14-24/h3-5,7-8,10-15,19-20H,6,9,16-18H2,1-2H3,(H,29,31). The lowest BCUT2D eigenvalue weighted by atomic mass is 10.1. The van der Waals surface area contributed by atoms with Crippen LogP contribution < -0.4 is 29.2 Å². The molecule has 188 valence electrons. The fourth-order valence-corrected chi connectivity index (χ4v) is 3.81. The summed E-state index contributed by atoms with van der Waals surface area (Å²) in [5, 5.41) is 2.89. The fraction of sp³-hybridized carbons (Fsp3) is 0.286. The van der Waals surface area contributed by atoms with E-state index in [9.17, 15) is 9.59 Å². The van der Waals surface area contributed by atoms with Crippen LogP contribution in [0.4, 0.5) is 11.4 Å². The molecule has 0 radical (unpaired) electrons. The smallest absolute Gasteiger partial charge is 0.267 e. The monoisotopic (exact) mass is 490 g/mol. The van der Waals surface area contributed by atoms with Crippen LogP contribution in [-0.2, 0) is 9.59 Å². The number of rotatable bonds is 11. The Morgan fingerprint density at radius 2 is 1.64 bits per heavy atom. The summed E-state index contributed by atoms with van der Waals surface area (Å²) in [5.41, 5.74) is 1.26. The summed E-state index contributed by atoms with van der Waals surface area (Å²) >= 11 is 0. The van der Waals surface area contributed by atoms with Crippen LogP contribution in [0.2, 0.25) is 0 Å². The van der Waals surface area contributed by atoms with E-state index in [0.717, 1.165) is 17.2 Å². The van der Waals surface area contributed by atoms with Crippen LogP contribution in [0.15, 0.2) is 72.8 Å². The number of hydrogen-bond donors (Lipinski definition) is 1. The number of benzene rings is 3. The number of para-hydroxylation sites is 1. The van der Waals surface area contributed by atoms with Gasteiger partial charge in [-0.2, -0.15) is 0 Å². The van der Waals surface area contributed by atoms with E-state index in [-0.39, 0.29) is 11.8 Å². The molecule has 2 amide bonds. The van der Waals surface area contributed by atoms with Crippen molar-refractivity contribution in [3.63, 3.8) is 0 Å². The van der Waals surface area contributed by atoms with E-state index in [1.807, 2.05) is 54.6 Å². The largest absolute Gasteiger partial charge is 0.497 e. The molecule has 0 spiro atoms. The lowest BCUT2D eigenvalue weighted by Gasteiger charge is -2.33. The fourth-order valence-electron chi connectivity index (χ4n) is 3.81. The number of fused-ring (bicyclic) bond motifs is 1. The van der Waals surface area contributed by atoms with Gasteiger partial charge in [-0.15, -0.1) is 0 Å². The zero-order chi connectivity index (χ0) is 25.3. The maximum absolute atomic E-state index is 12.7. The van der Waals surface area contributed by atoms with Gasteiger partial charge in [0.25, 0.3) is 5.91 Å². The van der Waals surface area contributed by atoms with E-state index < -0.39 is 6.10 Å². The summed E-state index contributed by atoms with van der Waals surface area (Å²) in [7, 11) is 1.61. The quantitative estimate of drug-likeness (QED) is 0.393. The summed E-state index contributed by atoms with van der Waals surface area (Å²) in [6, 6.07) is 22.1. The van der Waals surface area contributed by atoms with Crippen molar-refractivity contribution in [2.75, 3.05) is 37.1 Å². The third-order valence-corrected chi connectivity index (χ3v) is 5.66. The van der Waals surface area contributed by atoms with Crippen LogP contribution in [0.5, 0.6) is 23.0 Å². The Morgan fingerprint density at radius 1 is 0.944 bits per heavy atom. The van der Waals surface area contributed by atoms with E-state index in [2.05, 4.69) is 5.32 Å². The van der Waals surface area contributed by atoms with Crippen molar-refractivity contribution in [3.8, 4) is 23.0 Å². The maximum Gasteiger partial charge on any atom is 0.267 e. The molecular formula is C28H30N2O6. The number of hydrogen-bond acceptors (Lipinski definition) is 6. The van der Waals surface area contributed by atoms with E-state index in [0.29, 0.717) is 49.7 Å². The first-order valence-electron chi connectivity index (χ1n) is 11.9. The molecule has 0 aliphatic carbocycles. The van der Waals surface area contributed by atoms with Crippen molar-refractivity contribution in [1.82, 2.24) is 0 Å². The maximum atomic E-state index is 12.7. The third kappa shape index (κ3) is 6.47. The molecule has 1 aliphatic rings. The van der Waals surface area contributed by atoms with Crippen LogP contribution in [0.25, 0.3) is 0 Å². The number of nitrogens with one attached hydrogen (secondary N) is 1. The number of carbonyl (C=O) groups is 2. The molecule has 1 N–H and O–H groups in total. The van der Waals surface area contributed by atoms with Gasteiger partial charge in [0.2, 0.25) is 5.91 Å². The number of methoxy groups -OCH3 is 1. The molecule has 4 rings (SSSR count). The Labute approximate surface area is 210 Å². The second-order valence-corrected chi connectivity index (χ2v) is 8.27. The predicted molar refractivity (Wildman–Crippen MR) is 137 cm³/mol. The van der Waals surface area contributed by atoms with Crippen LogP contribution >= 0.6 is 0 Å².